The first-order valence-corrected chi connectivity index (χ1v) is 8.64. The molecule has 2 atom stereocenters. The van der Waals surface area contributed by atoms with Crippen LogP contribution in [0.5, 0.6) is 0 Å². The minimum atomic E-state index is -0.708. The minimum Gasteiger partial charge on any atom is -0.467 e. The fraction of sp³-hybridized carbons (Fsp3) is 0.579. The SMILES string of the molecule is COC(=O)[C@@H]1CN(C(=O)N[C@H](C)CC(C)(C)c2ccccc2)CCO1. The van der Waals surface area contributed by atoms with Crippen LogP contribution in [0.2, 0.25) is 0 Å². The lowest BCUT2D eigenvalue weighted by Gasteiger charge is -2.34. The van der Waals surface area contributed by atoms with Gasteiger partial charge in [0.15, 0.2) is 6.10 Å². The first-order chi connectivity index (χ1) is 11.8. The summed E-state index contributed by atoms with van der Waals surface area (Å²) in [6.45, 7) is 7.36. The van der Waals surface area contributed by atoms with Crippen LogP contribution in [0.1, 0.15) is 32.8 Å². The molecule has 0 aliphatic carbocycles. The highest BCUT2D eigenvalue weighted by Crippen LogP contribution is 2.28. The average molecular weight is 348 g/mol. The van der Waals surface area contributed by atoms with Gasteiger partial charge in [0.05, 0.1) is 20.3 Å². The second-order valence-electron chi connectivity index (χ2n) is 7.13. The van der Waals surface area contributed by atoms with Gasteiger partial charge in [0.2, 0.25) is 0 Å². The molecule has 0 unspecified atom stereocenters. The van der Waals surface area contributed by atoms with E-state index in [4.69, 9.17) is 9.47 Å². The molecule has 1 aliphatic heterocycles. The Morgan fingerprint density at radius 3 is 2.68 bits per heavy atom. The van der Waals surface area contributed by atoms with Crippen LogP contribution in [-0.4, -0.2) is 55.9 Å². The summed E-state index contributed by atoms with van der Waals surface area (Å²) < 4.78 is 10.0. The number of urea groups is 1. The molecule has 1 N–H and O–H groups in total. The first kappa shape index (κ1) is 19.2. The van der Waals surface area contributed by atoms with Gasteiger partial charge < -0.3 is 19.7 Å². The fourth-order valence-corrected chi connectivity index (χ4v) is 3.23. The number of carbonyl (C=O) groups is 2. The summed E-state index contributed by atoms with van der Waals surface area (Å²) in [5, 5.41) is 3.03. The van der Waals surface area contributed by atoms with Crippen LogP contribution >= 0.6 is 0 Å². The number of hydrogen-bond donors (Lipinski definition) is 1. The minimum absolute atomic E-state index is 0.00197. The Labute approximate surface area is 149 Å². The zero-order valence-electron chi connectivity index (χ0n) is 15.5. The molecule has 0 radical (unpaired) electrons. The molecule has 6 heteroatoms. The molecule has 1 fully saturated rings. The number of amides is 2. The molecule has 2 rings (SSSR count). The summed E-state index contributed by atoms with van der Waals surface area (Å²) in [6, 6.07) is 10.1. The van der Waals surface area contributed by atoms with Gasteiger partial charge in [-0.25, -0.2) is 9.59 Å². The Bertz CT molecular complexity index is 588. The normalized spacial score (nSPS) is 19.2. The predicted molar refractivity (Wildman–Crippen MR) is 95.4 cm³/mol. The van der Waals surface area contributed by atoms with E-state index in [0.717, 1.165) is 6.42 Å². The van der Waals surface area contributed by atoms with E-state index < -0.39 is 12.1 Å². The first-order valence-electron chi connectivity index (χ1n) is 8.64. The molecule has 0 spiro atoms. The summed E-state index contributed by atoms with van der Waals surface area (Å²) in [7, 11) is 1.32. The Kier molecular flexibility index (Phi) is 6.42. The highest BCUT2D eigenvalue weighted by Gasteiger charge is 2.31. The number of nitrogens with one attached hydrogen (secondary N) is 1. The predicted octanol–water partition coefficient (Wildman–Crippen LogP) is 2.33. The van der Waals surface area contributed by atoms with Gasteiger partial charge in [0, 0.05) is 12.6 Å². The molecule has 1 aliphatic rings. The standard InChI is InChI=1S/C19H28N2O4/c1-14(12-19(2,3)15-8-6-5-7-9-15)20-18(23)21-10-11-25-16(13-21)17(22)24-4/h5-9,14,16H,10-13H2,1-4H3,(H,20,23)/t14-,16+/m1/s1. The molecule has 25 heavy (non-hydrogen) atoms. The Morgan fingerprint density at radius 1 is 1.36 bits per heavy atom. The van der Waals surface area contributed by atoms with Crippen LogP contribution in [0.25, 0.3) is 0 Å². The maximum Gasteiger partial charge on any atom is 0.336 e. The van der Waals surface area contributed by atoms with E-state index in [1.54, 1.807) is 4.90 Å². The Hall–Kier alpha value is -2.08. The molecule has 6 nitrogen and oxygen atoms in total. The van der Waals surface area contributed by atoms with E-state index in [1.165, 1.54) is 12.7 Å². The van der Waals surface area contributed by atoms with E-state index in [-0.39, 0.29) is 24.0 Å². The lowest BCUT2D eigenvalue weighted by atomic mass is 9.79. The maximum atomic E-state index is 12.5. The molecule has 1 aromatic rings. The van der Waals surface area contributed by atoms with Gasteiger partial charge >= 0.3 is 12.0 Å². The zero-order valence-corrected chi connectivity index (χ0v) is 15.5. The molecule has 1 heterocycles. The summed E-state index contributed by atoms with van der Waals surface area (Å²) in [5.74, 6) is -0.448. The zero-order chi connectivity index (χ0) is 18.4. The van der Waals surface area contributed by atoms with Crippen molar-refractivity contribution < 1.29 is 19.1 Å². The van der Waals surface area contributed by atoms with Gasteiger partial charge in [0.1, 0.15) is 0 Å². The van der Waals surface area contributed by atoms with Crippen LogP contribution in [0, 0.1) is 0 Å². The van der Waals surface area contributed by atoms with Crippen molar-refractivity contribution in [2.75, 3.05) is 26.8 Å². The molecule has 0 saturated carbocycles. The van der Waals surface area contributed by atoms with E-state index in [1.807, 2.05) is 25.1 Å². The summed E-state index contributed by atoms with van der Waals surface area (Å²) in [5.41, 5.74) is 1.20. The van der Waals surface area contributed by atoms with Gasteiger partial charge in [0.25, 0.3) is 0 Å². The number of morpholine rings is 1. The summed E-state index contributed by atoms with van der Waals surface area (Å²) >= 11 is 0. The quantitative estimate of drug-likeness (QED) is 0.829. The number of esters is 1. The number of methoxy groups -OCH3 is 1. The fourth-order valence-electron chi connectivity index (χ4n) is 3.23. The van der Waals surface area contributed by atoms with Gasteiger partial charge in [-0.2, -0.15) is 0 Å². The number of carbonyl (C=O) groups excluding carboxylic acids is 2. The van der Waals surface area contributed by atoms with Crippen LogP contribution < -0.4 is 5.32 Å². The highest BCUT2D eigenvalue weighted by atomic mass is 16.6. The van der Waals surface area contributed by atoms with Crippen molar-refractivity contribution in [1.82, 2.24) is 10.2 Å². The molecule has 2 amide bonds. The number of hydrogen-bond acceptors (Lipinski definition) is 4. The van der Waals surface area contributed by atoms with Gasteiger partial charge in [-0.15, -0.1) is 0 Å². The Balaban J connectivity index is 1.90. The monoisotopic (exact) mass is 348 g/mol. The van der Waals surface area contributed by atoms with Crippen LogP contribution in [-0.2, 0) is 19.7 Å². The molecule has 138 valence electrons. The number of rotatable bonds is 5. The third kappa shape index (κ3) is 5.19. The second kappa shape index (κ2) is 8.34. The van der Waals surface area contributed by atoms with Gasteiger partial charge in [-0.05, 0) is 24.3 Å². The van der Waals surface area contributed by atoms with Gasteiger partial charge in [-0.1, -0.05) is 44.2 Å². The average Bonchev–Trinajstić information content (AvgIpc) is 2.61. The number of ether oxygens (including phenoxy) is 2. The third-order valence-electron chi connectivity index (χ3n) is 4.56. The lowest BCUT2D eigenvalue weighted by Crippen LogP contribution is -2.53. The number of benzene rings is 1. The van der Waals surface area contributed by atoms with Crippen molar-refractivity contribution in [2.24, 2.45) is 0 Å². The highest BCUT2D eigenvalue weighted by molar-refractivity contribution is 5.78. The lowest BCUT2D eigenvalue weighted by molar-refractivity contribution is -0.158. The maximum absolute atomic E-state index is 12.5. The van der Waals surface area contributed by atoms with E-state index >= 15 is 0 Å². The molecule has 1 saturated heterocycles. The molecule has 1 aromatic carbocycles. The van der Waals surface area contributed by atoms with Crippen molar-refractivity contribution >= 4 is 12.0 Å². The van der Waals surface area contributed by atoms with Crippen LogP contribution in [0.15, 0.2) is 30.3 Å². The topological polar surface area (TPSA) is 67.9 Å². The molecular formula is C19H28N2O4. The third-order valence-corrected chi connectivity index (χ3v) is 4.56. The van der Waals surface area contributed by atoms with Crippen molar-refractivity contribution in [3.63, 3.8) is 0 Å². The van der Waals surface area contributed by atoms with Crippen LogP contribution in [0.4, 0.5) is 4.79 Å². The van der Waals surface area contributed by atoms with Crippen molar-refractivity contribution in [3.05, 3.63) is 35.9 Å². The molecular weight excluding hydrogens is 320 g/mol. The Morgan fingerprint density at radius 2 is 2.04 bits per heavy atom. The summed E-state index contributed by atoms with van der Waals surface area (Å²) in [4.78, 5) is 25.7. The van der Waals surface area contributed by atoms with E-state index in [9.17, 15) is 9.59 Å². The molecule has 0 aromatic heterocycles. The van der Waals surface area contributed by atoms with Crippen molar-refractivity contribution in [2.45, 2.75) is 44.8 Å². The summed E-state index contributed by atoms with van der Waals surface area (Å²) in [6.07, 6.45) is 0.105. The van der Waals surface area contributed by atoms with Crippen molar-refractivity contribution in [3.8, 4) is 0 Å². The smallest absolute Gasteiger partial charge is 0.336 e. The van der Waals surface area contributed by atoms with E-state index in [0.29, 0.717) is 13.2 Å². The largest absolute Gasteiger partial charge is 0.467 e. The number of nitrogens with zero attached hydrogens (tertiary/aromatic N) is 1. The second-order valence-corrected chi connectivity index (χ2v) is 7.13. The molecule has 0 bridgehead atoms. The van der Waals surface area contributed by atoms with Crippen LogP contribution in [0.3, 0.4) is 0 Å². The van der Waals surface area contributed by atoms with E-state index in [2.05, 4.69) is 31.3 Å². The van der Waals surface area contributed by atoms with Gasteiger partial charge in [-0.3, -0.25) is 0 Å². The van der Waals surface area contributed by atoms with Crippen molar-refractivity contribution in [1.29, 1.82) is 0 Å².